The summed E-state index contributed by atoms with van der Waals surface area (Å²) in [7, 11) is 0. The molecule has 1 aromatic rings. The quantitative estimate of drug-likeness (QED) is 0.861. The monoisotopic (exact) mass is 344 g/mol. The van der Waals surface area contributed by atoms with Crippen LogP contribution in [0.4, 0.5) is 5.69 Å². The number of ether oxygens (including phenoxy) is 1. The zero-order valence-electron chi connectivity index (χ0n) is 15.0. The van der Waals surface area contributed by atoms with E-state index in [4.69, 9.17) is 4.74 Å². The molecule has 1 saturated heterocycles. The largest absolute Gasteiger partial charge is 0.494 e. The molecule has 2 amide bonds. The van der Waals surface area contributed by atoms with E-state index in [9.17, 15) is 9.59 Å². The summed E-state index contributed by atoms with van der Waals surface area (Å²) in [6.07, 6.45) is 7.03. The molecule has 2 aliphatic rings. The Morgan fingerprint density at radius 2 is 1.92 bits per heavy atom. The summed E-state index contributed by atoms with van der Waals surface area (Å²) in [4.78, 5) is 26.6. The predicted molar refractivity (Wildman–Crippen MR) is 97.7 cm³/mol. The van der Waals surface area contributed by atoms with Crippen molar-refractivity contribution in [3.8, 4) is 5.75 Å². The summed E-state index contributed by atoms with van der Waals surface area (Å²) >= 11 is 0. The molecule has 0 radical (unpaired) electrons. The number of amides is 2. The maximum Gasteiger partial charge on any atom is 0.227 e. The molecule has 1 atom stereocenters. The van der Waals surface area contributed by atoms with E-state index in [0.717, 1.165) is 30.7 Å². The van der Waals surface area contributed by atoms with E-state index in [2.05, 4.69) is 12.2 Å². The van der Waals surface area contributed by atoms with Gasteiger partial charge in [-0.2, -0.15) is 0 Å². The van der Waals surface area contributed by atoms with Crippen LogP contribution in [-0.2, 0) is 9.59 Å². The Balaban J connectivity index is 1.57. The van der Waals surface area contributed by atoms with Gasteiger partial charge in [-0.05, 0) is 43.5 Å². The minimum Gasteiger partial charge on any atom is -0.494 e. The zero-order valence-corrected chi connectivity index (χ0v) is 15.0. The van der Waals surface area contributed by atoms with Gasteiger partial charge < -0.3 is 15.0 Å². The second-order valence-electron chi connectivity index (χ2n) is 7.09. The van der Waals surface area contributed by atoms with E-state index in [1.165, 1.54) is 19.3 Å². The third kappa shape index (κ3) is 4.53. The number of carbonyl (C=O) groups is 2. The van der Waals surface area contributed by atoms with E-state index in [-0.39, 0.29) is 17.7 Å². The topological polar surface area (TPSA) is 58.6 Å². The Bertz CT molecular complexity index is 593. The fourth-order valence-electron chi connectivity index (χ4n) is 3.64. The lowest BCUT2D eigenvalue weighted by atomic mass is 9.95. The molecule has 0 aromatic heterocycles. The highest BCUT2D eigenvalue weighted by Crippen LogP contribution is 2.27. The molecule has 136 valence electrons. The van der Waals surface area contributed by atoms with E-state index in [1.807, 2.05) is 24.3 Å². The van der Waals surface area contributed by atoms with Gasteiger partial charge >= 0.3 is 0 Å². The zero-order chi connectivity index (χ0) is 17.6. The summed E-state index contributed by atoms with van der Waals surface area (Å²) < 4.78 is 5.58. The highest BCUT2D eigenvalue weighted by Gasteiger charge is 2.35. The first-order chi connectivity index (χ1) is 12.2. The van der Waals surface area contributed by atoms with Crippen molar-refractivity contribution in [2.24, 2.45) is 5.92 Å². The van der Waals surface area contributed by atoms with Crippen molar-refractivity contribution in [3.63, 3.8) is 0 Å². The molecule has 3 rings (SSSR count). The van der Waals surface area contributed by atoms with E-state index in [0.29, 0.717) is 25.6 Å². The van der Waals surface area contributed by atoms with Gasteiger partial charge in [-0.3, -0.25) is 9.59 Å². The van der Waals surface area contributed by atoms with E-state index >= 15 is 0 Å². The van der Waals surface area contributed by atoms with Gasteiger partial charge in [0.05, 0.1) is 12.5 Å². The first-order valence-corrected chi connectivity index (χ1v) is 9.51. The third-order valence-corrected chi connectivity index (χ3v) is 5.07. The maximum atomic E-state index is 12.5. The third-order valence-electron chi connectivity index (χ3n) is 5.07. The van der Waals surface area contributed by atoms with Crippen molar-refractivity contribution >= 4 is 17.5 Å². The van der Waals surface area contributed by atoms with Crippen molar-refractivity contribution in [2.75, 3.05) is 18.1 Å². The molecule has 1 saturated carbocycles. The van der Waals surface area contributed by atoms with Gasteiger partial charge in [-0.25, -0.2) is 0 Å². The van der Waals surface area contributed by atoms with Crippen LogP contribution in [0.2, 0.25) is 0 Å². The molecule has 5 heteroatoms. The minimum atomic E-state index is -0.245. The van der Waals surface area contributed by atoms with Gasteiger partial charge in [0.25, 0.3) is 0 Å². The van der Waals surface area contributed by atoms with Crippen LogP contribution in [0.3, 0.4) is 0 Å². The van der Waals surface area contributed by atoms with Gasteiger partial charge in [0.15, 0.2) is 0 Å². The molecule has 1 heterocycles. The van der Waals surface area contributed by atoms with Crippen LogP contribution in [-0.4, -0.2) is 31.0 Å². The molecule has 1 aliphatic heterocycles. The van der Waals surface area contributed by atoms with Crippen LogP contribution >= 0.6 is 0 Å². The van der Waals surface area contributed by atoms with Crippen molar-refractivity contribution < 1.29 is 14.3 Å². The number of hydrogen-bond donors (Lipinski definition) is 1. The standard InChI is InChI=1S/C20H28N2O3/c1-2-12-25-18-10-8-17(9-11-18)22-14-15(13-19(22)23)20(24)21-16-6-4-3-5-7-16/h8-11,15-16H,2-7,12-14H2,1H3,(H,21,24)/t15-/m0/s1. The number of benzene rings is 1. The van der Waals surface area contributed by atoms with Gasteiger partial charge in [0, 0.05) is 24.7 Å². The molecule has 1 aliphatic carbocycles. The fraction of sp³-hybridized carbons (Fsp3) is 0.600. The summed E-state index contributed by atoms with van der Waals surface area (Å²) in [5, 5.41) is 3.15. The molecule has 25 heavy (non-hydrogen) atoms. The lowest BCUT2D eigenvalue weighted by Gasteiger charge is -2.24. The summed E-state index contributed by atoms with van der Waals surface area (Å²) in [5.74, 6) is 0.617. The Kier molecular flexibility index (Phi) is 5.95. The number of rotatable bonds is 6. The average Bonchev–Trinajstić information content (AvgIpc) is 3.03. The molecule has 2 fully saturated rings. The van der Waals surface area contributed by atoms with Crippen LogP contribution in [0.25, 0.3) is 0 Å². The van der Waals surface area contributed by atoms with E-state index in [1.54, 1.807) is 4.90 Å². The molecular weight excluding hydrogens is 316 g/mol. The Labute approximate surface area is 149 Å². The number of nitrogens with zero attached hydrogens (tertiary/aromatic N) is 1. The highest BCUT2D eigenvalue weighted by molar-refractivity contribution is 6.00. The molecule has 0 bridgehead atoms. The van der Waals surface area contributed by atoms with Crippen LogP contribution in [0.5, 0.6) is 5.75 Å². The second-order valence-corrected chi connectivity index (χ2v) is 7.09. The first-order valence-electron chi connectivity index (χ1n) is 9.51. The average molecular weight is 344 g/mol. The normalized spacial score (nSPS) is 21.4. The minimum absolute atomic E-state index is 0.0195. The first kappa shape index (κ1) is 17.8. The second kappa shape index (κ2) is 8.37. The lowest BCUT2D eigenvalue weighted by molar-refractivity contribution is -0.127. The number of hydrogen-bond acceptors (Lipinski definition) is 3. The van der Waals surface area contributed by atoms with E-state index < -0.39 is 0 Å². The number of nitrogens with one attached hydrogen (secondary N) is 1. The van der Waals surface area contributed by atoms with Crippen LogP contribution in [0.1, 0.15) is 51.9 Å². The van der Waals surface area contributed by atoms with Crippen LogP contribution < -0.4 is 15.0 Å². The summed E-state index contributed by atoms with van der Waals surface area (Å²) in [6, 6.07) is 7.84. The van der Waals surface area contributed by atoms with Crippen molar-refractivity contribution in [1.82, 2.24) is 5.32 Å². The molecule has 5 nitrogen and oxygen atoms in total. The molecule has 0 unspecified atom stereocenters. The van der Waals surface area contributed by atoms with Gasteiger partial charge in [-0.1, -0.05) is 26.2 Å². The SMILES string of the molecule is CCCOc1ccc(N2C[C@@H](C(=O)NC3CCCCC3)CC2=O)cc1. The smallest absolute Gasteiger partial charge is 0.227 e. The maximum absolute atomic E-state index is 12.5. The lowest BCUT2D eigenvalue weighted by Crippen LogP contribution is -2.40. The molecule has 0 spiro atoms. The summed E-state index contributed by atoms with van der Waals surface area (Å²) in [6.45, 7) is 3.22. The van der Waals surface area contributed by atoms with Crippen LogP contribution in [0, 0.1) is 5.92 Å². The number of carbonyl (C=O) groups excluding carboxylic acids is 2. The Hall–Kier alpha value is -2.04. The molecule has 1 N–H and O–H groups in total. The van der Waals surface area contributed by atoms with Crippen molar-refractivity contribution in [1.29, 1.82) is 0 Å². The molecule has 1 aromatic carbocycles. The Morgan fingerprint density at radius 1 is 1.20 bits per heavy atom. The van der Waals surface area contributed by atoms with Gasteiger partial charge in [0.2, 0.25) is 11.8 Å². The number of anilines is 1. The Morgan fingerprint density at radius 3 is 2.60 bits per heavy atom. The highest BCUT2D eigenvalue weighted by atomic mass is 16.5. The predicted octanol–water partition coefficient (Wildman–Crippen LogP) is 3.28. The summed E-state index contributed by atoms with van der Waals surface area (Å²) in [5.41, 5.74) is 0.835. The van der Waals surface area contributed by atoms with Crippen molar-refractivity contribution in [3.05, 3.63) is 24.3 Å². The van der Waals surface area contributed by atoms with Gasteiger partial charge in [-0.15, -0.1) is 0 Å². The fourth-order valence-corrected chi connectivity index (χ4v) is 3.64. The molecular formula is C20H28N2O3. The van der Waals surface area contributed by atoms with Gasteiger partial charge in [0.1, 0.15) is 5.75 Å². The van der Waals surface area contributed by atoms with Crippen molar-refractivity contribution in [2.45, 2.75) is 57.9 Å². The van der Waals surface area contributed by atoms with Crippen LogP contribution in [0.15, 0.2) is 24.3 Å².